The third-order valence-electron chi connectivity index (χ3n) is 4.84. The fourth-order valence-corrected chi connectivity index (χ4v) is 3.18. The second-order valence-corrected chi connectivity index (χ2v) is 7.02. The van der Waals surface area contributed by atoms with Gasteiger partial charge in [-0.2, -0.15) is 13.2 Å². The van der Waals surface area contributed by atoms with Crippen LogP contribution in [0.4, 0.5) is 18.0 Å². The number of carbonyl (C=O) groups excluding carboxylic acids is 1. The largest absolute Gasteiger partial charge is 0.477 e. The van der Waals surface area contributed by atoms with Crippen molar-refractivity contribution in [3.8, 4) is 5.88 Å². The molecule has 2 aromatic heterocycles. The molecule has 1 aliphatic heterocycles. The molecule has 6 nitrogen and oxygen atoms in total. The number of likely N-dealkylation sites (tertiary alicyclic amines) is 1. The van der Waals surface area contributed by atoms with Gasteiger partial charge in [0.25, 0.3) is 0 Å². The minimum atomic E-state index is -4.42. The monoisotopic (exact) mass is 404 g/mol. The molecule has 152 valence electrons. The van der Waals surface area contributed by atoms with E-state index in [2.05, 4.69) is 15.3 Å². The Bertz CT molecular complexity index is 995. The molecule has 0 atom stereocenters. The number of pyridine rings is 1. The average molecular weight is 404 g/mol. The van der Waals surface area contributed by atoms with Crippen molar-refractivity contribution in [3.05, 3.63) is 59.9 Å². The van der Waals surface area contributed by atoms with Gasteiger partial charge in [-0.3, -0.25) is 0 Å². The molecular weight excluding hydrogens is 385 g/mol. The molecule has 2 N–H and O–H groups in total. The lowest BCUT2D eigenvalue weighted by atomic mass is 10.0. The number of carbonyl (C=O) groups is 1. The summed E-state index contributed by atoms with van der Waals surface area (Å²) in [5.41, 5.74) is 1.25. The van der Waals surface area contributed by atoms with E-state index in [0.717, 1.165) is 28.7 Å². The molecule has 3 heterocycles. The number of fused-ring (bicyclic) bond motifs is 1. The van der Waals surface area contributed by atoms with Gasteiger partial charge in [0.05, 0.1) is 12.2 Å². The Balaban J connectivity index is 1.19. The van der Waals surface area contributed by atoms with Crippen LogP contribution >= 0.6 is 0 Å². The Morgan fingerprint density at radius 1 is 1.24 bits per heavy atom. The lowest BCUT2D eigenvalue weighted by molar-refractivity contribution is -0.137. The number of aromatic amines is 1. The van der Waals surface area contributed by atoms with E-state index in [1.807, 2.05) is 30.5 Å². The van der Waals surface area contributed by atoms with Gasteiger partial charge in [0.2, 0.25) is 5.88 Å². The average Bonchev–Trinajstić information content (AvgIpc) is 3.12. The summed E-state index contributed by atoms with van der Waals surface area (Å²) in [4.78, 5) is 20.7. The quantitative estimate of drug-likeness (QED) is 0.680. The molecular formula is C20H19F3N4O2. The van der Waals surface area contributed by atoms with Crippen molar-refractivity contribution < 1.29 is 22.7 Å². The highest BCUT2D eigenvalue weighted by atomic mass is 19.4. The lowest BCUT2D eigenvalue weighted by Crippen LogP contribution is -2.55. The highest BCUT2D eigenvalue weighted by molar-refractivity contribution is 5.80. The van der Waals surface area contributed by atoms with Gasteiger partial charge in [0.15, 0.2) is 0 Å². The van der Waals surface area contributed by atoms with E-state index in [9.17, 15) is 18.0 Å². The van der Waals surface area contributed by atoms with Gasteiger partial charge < -0.3 is 19.9 Å². The summed E-state index contributed by atoms with van der Waals surface area (Å²) in [6.07, 6.45) is -1.79. The first kappa shape index (κ1) is 19.1. The van der Waals surface area contributed by atoms with Crippen LogP contribution < -0.4 is 10.1 Å². The number of alkyl halides is 3. The molecule has 0 spiro atoms. The van der Waals surface area contributed by atoms with Gasteiger partial charge >= 0.3 is 12.2 Å². The Morgan fingerprint density at radius 3 is 2.79 bits per heavy atom. The van der Waals surface area contributed by atoms with Gasteiger partial charge in [0.1, 0.15) is 0 Å². The Labute approximate surface area is 164 Å². The van der Waals surface area contributed by atoms with Gasteiger partial charge in [0, 0.05) is 49.5 Å². The molecule has 9 heteroatoms. The number of nitrogens with zero attached hydrogens (tertiary/aromatic N) is 2. The van der Waals surface area contributed by atoms with E-state index in [-0.39, 0.29) is 17.8 Å². The predicted molar refractivity (Wildman–Crippen MR) is 100 cm³/mol. The molecule has 1 aliphatic rings. The van der Waals surface area contributed by atoms with Gasteiger partial charge in [-0.05, 0) is 35.2 Å². The van der Waals surface area contributed by atoms with Gasteiger partial charge in [-0.15, -0.1) is 0 Å². The fourth-order valence-electron chi connectivity index (χ4n) is 3.18. The molecule has 0 saturated carbocycles. The first-order valence-corrected chi connectivity index (χ1v) is 9.13. The molecule has 3 aromatic rings. The van der Waals surface area contributed by atoms with E-state index in [1.54, 1.807) is 4.90 Å². The number of H-pyrrole nitrogens is 1. The van der Waals surface area contributed by atoms with Crippen molar-refractivity contribution >= 4 is 16.9 Å². The molecule has 4 rings (SSSR count). The summed E-state index contributed by atoms with van der Waals surface area (Å²) >= 11 is 0. The number of aromatic nitrogens is 2. The molecule has 0 unspecified atom stereocenters. The van der Waals surface area contributed by atoms with Crippen LogP contribution in [0.5, 0.6) is 5.88 Å². The molecule has 0 bridgehead atoms. The molecule has 1 aromatic carbocycles. The van der Waals surface area contributed by atoms with E-state index in [4.69, 9.17) is 4.74 Å². The molecule has 0 aliphatic carbocycles. The summed E-state index contributed by atoms with van der Waals surface area (Å²) in [6.45, 7) is 1.80. The van der Waals surface area contributed by atoms with Crippen molar-refractivity contribution in [2.75, 3.05) is 19.7 Å². The third-order valence-corrected chi connectivity index (χ3v) is 4.84. The van der Waals surface area contributed by atoms with Crippen molar-refractivity contribution in [1.82, 2.24) is 20.2 Å². The smallest absolute Gasteiger partial charge is 0.417 e. The predicted octanol–water partition coefficient (Wildman–Crippen LogP) is 3.80. The number of benzene rings is 1. The number of nitrogens with one attached hydrogen (secondary N) is 2. The number of halogens is 3. The summed E-state index contributed by atoms with van der Waals surface area (Å²) in [6, 6.07) is 9.93. The highest BCUT2D eigenvalue weighted by Crippen LogP contribution is 2.29. The standard InChI is InChI=1S/C20H19F3N4O2/c21-20(22,23)16-2-4-18(25-9-16)29-12-14-10-27(11-14)19(28)26-8-13-1-3-17-15(7-13)5-6-24-17/h1-7,9,14,24H,8,10-12H2,(H,26,28). The Kier molecular flexibility index (Phi) is 5.04. The van der Waals surface area contributed by atoms with Crippen LogP contribution in [0, 0.1) is 5.92 Å². The molecule has 1 saturated heterocycles. The molecule has 0 radical (unpaired) electrons. The van der Waals surface area contributed by atoms with Crippen LogP contribution in [0.2, 0.25) is 0 Å². The van der Waals surface area contributed by atoms with E-state index < -0.39 is 11.7 Å². The van der Waals surface area contributed by atoms with E-state index in [0.29, 0.717) is 26.2 Å². The molecule has 1 fully saturated rings. The van der Waals surface area contributed by atoms with Crippen molar-refractivity contribution in [3.63, 3.8) is 0 Å². The zero-order valence-corrected chi connectivity index (χ0v) is 15.4. The molecule has 29 heavy (non-hydrogen) atoms. The van der Waals surface area contributed by atoms with Crippen LogP contribution in [0.3, 0.4) is 0 Å². The number of rotatable bonds is 5. The Hall–Kier alpha value is -3.23. The van der Waals surface area contributed by atoms with Crippen LogP contribution in [0.15, 0.2) is 48.8 Å². The summed E-state index contributed by atoms with van der Waals surface area (Å²) < 4.78 is 43.0. The summed E-state index contributed by atoms with van der Waals surface area (Å²) in [7, 11) is 0. The zero-order chi connectivity index (χ0) is 20.4. The summed E-state index contributed by atoms with van der Waals surface area (Å²) in [5, 5.41) is 3.98. The van der Waals surface area contributed by atoms with E-state index in [1.165, 1.54) is 6.07 Å². The fraction of sp³-hybridized carbons (Fsp3) is 0.300. The van der Waals surface area contributed by atoms with Crippen LogP contribution in [-0.4, -0.2) is 40.6 Å². The second kappa shape index (κ2) is 7.65. The minimum absolute atomic E-state index is 0.126. The van der Waals surface area contributed by atoms with Gasteiger partial charge in [-0.1, -0.05) is 6.07 Å². The maximum atomic E-state index is 12.5. The normalized spacial score (nSPS) is 14.7. The lowest BCUT2D eigenvalue weighted by Gasteiger charge is -2.38. The topological polar surface area (TPSA) is 70.2 Å². The number of hydrogen-bond acceptors (Lipinski definition) is 3. The first-order chi connectivity index (χ1) is 13.9. The van der Waals surface area contributed by atoms with Crippen LogP contribution in [0.25, 0.3) is 10.9 Å². The number of urea groups is 1. The number of ether oxygens (including phenoxy) is 1. The maximum Gasteiger partial charge on any atom is 0.417 e. The number of amides is 2. The van der Waals surface area contributed by atoms with Crippen LogP contribution in [0.1, 0.15) is 11.1 Å². The second-order valence-electron chi connectivity index (χ2n) is 7.02. The molecule has 2 amide bonds. The van der Waals surface area contributed by atoms with Crippen LogP contribution in [-0.2, 0) is 12.7 Å². The zero-order valence-electron chi connectivity index (χ0n) is 15.4. The van der Waals surface area contributed by atoms with Crippen molar-refractivity contribution in [2.45, 2.75) is 12.7 Å². The minimum Gasteiger partial charge on any atom is -0.477 e. The maximum absolute atomic E-state index is 12.5. The first-order valence-electron chi connectivity index (χ1n) is 9.13. The van der Waals surface area contributed by atoms with Crippen molar-refractivity contribution in [1.29, 1.82) is 0 Å². The van der Waals surface area contributed by atoms with Gasteiger partial charge in [-0.25, -0.2) is 9.78 Å². The Morgan fingerprint density at radius 2 is 2.07 bits per heavy atom. The highest BCUT2D eigenvalue weighted by Gasteiger charge is 2.32. The van der Waals surface area contributed by atoms with E-state index >= 15 is 0 Å². The number of hydrogen-bond donors (Lipinski definition) is 2. The summed E-state index contributed by atoms with van der Waals surface area (Å²) in [5.74, 6) is 0.266. The third kappa shape index (κ3) is 4.44. The SMILES string of the molecule is O=C(NCc1ccc2[nH]ccc2c1)N1CC(COc2ccc(C(F)(F)F)cn2)C1. The van der Waals surface area contributed by atoms with Crippen molar-refractivity contribution in [2.24, 2.45) is 5.92 Å².